The van der Waals surface area contributed by atoms with E-state index in [0.717, 1.165) is 28.3 Å². The van der Waals surface area contributed by atoms with E-state index in [9.17, 15) is 0 Å². The molecule has 0 fully saturated rings. The second-order valence-electron chi connectivity index (χ2n) is 11.1. The standard InChI is InChI=1S/C24H22N3.C12H10N.Ir/c1-16(2)26-15-27(22-10-6-5-9-21(22)26)17-11-12-18-19-8-7-13-25-23(19)24(3,4)20(18)14-17;1-10-7-8-12(13-9-10)11-5-3-2-4-6-11;/h5-10,12-14,16H,1-4H3;2-5,7-9H,1H3;/q+1;-1;. The largest absolute Gasteiger partial charge is 0.494 e. The van der Waals surface area contributed by atoms with Gasteiger partial charge in [-0.25, -0.2) is 0 Å². The van der Waals surface area contributed by atoms with Crippen LogP contribution in [0.4, 0.5) is 17.1 Å². The van der Waals surface area contributed by atoms with Gasteiger partial charge in [-0.3, -0.25) is 4.98 Å². The summed E-state index contributed by atoms with van der Waals surface area (Å²) in [5, 5.41) is 0. The molecule has 205 valence electrons. The van der Waals surface area contributed by atoms with Gasteiger partial charge in [-0.1, -0.05) is 65.0 Å². The molecule has 0 saturated carbocycles. The van der Waals surface area contributed by atoms with Crippen molar-refractivity contribution in [1.29, 1.82) is 0 Å². The van der Waals surface area contributed by atoms with Gasteiger partial charge in [0.1, 0.15) is 5.69 Å². The maximum atomic E-state index is 4.67. The van der Waals surface area contributed by atoms with Gasteiger partial charge in [-0.05, 0) is 38.1 Å². The Bertz CT molecular complexity index is 1780. The van der Waals surface area contributed by atoms with Crippen LogP contribution in [0.25, 0.3) is 22.4 Å². The van der Waals surface area contributed by atoms with E-state index in [1.807, 2.05) is 55.7 Å². The zero-order valence-electron chi connectivity index (χ0n) is 23.9. The third-order valence-electron chi connectivity index (χ3n) is 7.54. The topological polar surface area (TPSA) is 31.8 Å². The molecule has 0 bridgehead atoms. The summed E-state index contributed by atoms with van der Waals surface area (Å²) >= 11 is 0. The van der Waals surface area contributed by atoms with E-state index in [2.05, 4.69) is 113 Å². The molecule has 1 aliphatic heterocycles. The summed E-state index contributed by atoms with van der Waals surface area (Å²) in [6.45, 7) is 10.9. The molecule has 0 spiro atoms. The molecular formula is C36H32IrN4. The number of rotatable bonds is 3. The van der Waals surface area contributed by atoms with Gasteiger partial charge in [-0.15, -0.1) is 53.1 Å². The zero-order chi connectivity index (χ0) is 27.9. The Morgan fingerprint density at radius 3 is 2.34 bits per heavy atom. The Morgan fingerprint density at radius 1 is 0.854 bits per heavy atom. The molecule has 0 unspecified atom stereocenters. The fourth-order valence-corrected chi connectivity index (χ4v) is 5.43. The van der Waals surface area contributed by atoms with Crippen molar-refractivity contribution in [3.05, 3.63) is 126 Å². The normalized spacial score (nSPS) is 13.6. The van der Waals surface area contributed by atoms with Crippen LogP contribution in [-0.2, 0) is 25.5 Å². The van der Waals surface area contributed by atoms with Crippen molar-refractivity contribution < 1.29 is 24.7 Å². The average molecular weight is 713 g/mol. The molecule has 7 rings (SSSR count). The van der Waals surface area contributed by atoms with E-state index < -0.39 is 0 Å². The third-order valence-corrected chi connectivity index (χ3v) is 7.54. The number of nitrogens with zero attached hydrogens (tertiary/aromatic N) is 4. The minimum absolute atomic E-state index is 0. The van der Waals surface area contributed by atoms with Crippen LogP contribution in [0.5, 0.6) is 0 Å². The van der Waals surface area contributed by atoms with Crippen molar-refractivity contribution in [2.45, 2.75) is 46.1 Å². The molecule has 2 aliphatic rings. The number of fused-ring (bicyclic) bond motifs is 4. The summed E-state index contributed by atoms with van der Waals surface area (Å²) in [5.74, 6) is 0. The summed E-state index contributed by atoms with van der Waals surface area (Å²) in [4.78, 5) is 8.99. The maximum absolute atomic E-state index is 4.67. The van der Waals surface area contributed by atoms with Gasteiger partial charge in [0.25, 0.3) is 11.4 Å². The van der Waals surface area contributed by atoms with Crippen molar-refractivity contribution >= 4 is 23.1 Å². The summed E-state index contributed by atoms with van der Waals surface area (Å²) in [6.07, 6.45) is 3.76. The minimum Gasteiger partial charge on any atom is -0.304 e. The molecule has 5 heteroatoms. The van der Waals surface area contributed by atoms with Gasteiger partial charge >= 0.3 is 6.01 Å². The molecule has 2 aromatic heterocycles. The molecule has 3 heterocycles. The van der Waals surface area contributed by atoms with Gasteiger partial charge < -0.3 is 4.98 Å². The number of aryl methyl sites for hydroxylation is 1. The molecule has 1 radical (unpaired) electrons. The van der Waals surface area contributed by atoms with Crippen LogP contribution in [0.3, 0.4) is 0 Å². The Balaban J connectivity index is 0.000000204. The number of hydrogen-bond donors (Lipinski definition) is 0. The SMILES string of the molecule is CC(C)[N+]1=C=[N+](c2[c-]cc3c(c2)C(C)(C)c2ncccc2-3)c2ccccc21.Cc1ccc(-c2[c-]cccc2)nc1.[Ir]. The minimum atomic E-state index is -0.118. The van der Waals surface area contributed by atoms with Crippen molar-refractivity contribution in [1.82, 2.24) is 14.5 Å². The van der Waals surface area contributed by atoms with Crippen LogP contribution < -0.4 is 4.58 Å². The Hall–Kier alpha value is -4.01. The number of para-hydroxylation sites is 2. The number of benzene rings is 3. The molecule has 0 atom stereocenters. The first-order chi connectivity index (χ1) is 19.3. The summed E-state index contributed by atoms with van der Waals surface area (Å²) in [5.41, 5.74) is 11.3. The van der Waals surface area contributed by atoms with Crippen molar-refractivity contribution in [2.24, 2.45) is 0 Å². The Labute approximate surface area is 256 Å². The van der Waals surface area contributed by atoms with E-state index >= 15 is 0 Å². The molecular weight excluding hydrogens is 681 g/mol. The zero-order valence-corrected chi connectivity index (χ0v) is 26.3. The van der Waals surface area contributed by atoms with E-state index in [1.54, 1.807) is 0 Å². The molecule has 3 aromatic carbocycles. The van der Waals surface area contributed by atoms with Crippen molar-refractivity contribution in [2.75, 3.05) is 0 Å². The molecule has 0 saturated heterocycles. The first-order valence-corrected chi connectivity index (χ1v) is 13.7. The fraction of sp³-hybridized carbons (Fsp3) is 0.194. The Kier molecular flexibility index (Phi) is 7.97. The Morgan fingerprint density at radius 2 is 1.63 bits per heavy atom. The van der Waals surface area contributed by atoms with Crippen molar-refractivity contribution in [3.8, 4) is 22.4 Å². The molecule has 0 N–H and O–H groups in total. The number of aromatic nitrogens is 2. The summed E-state index contributed by atoms with van der Waals surface area (Å²) in [6, 6.07) is 39.4. The molecule has 5 aromatic rings. The van der Waals surface area contributed by atoms with Gasteiger partial charge in [0.2, 0.25) is 0 Å². The second kappa shape index (κ2) is 11.5. The average Bonchev–Trinajstić information content (AvgIpc) is 3.48. The molecule has 41 heavy (non-hydrogen) atoms. The van der Waals surface area contributed by atoms with Crippen LogP contribution in [0.15, 0.2) is 97.3 Å². The molecule has 4 nitrogen and oxygen atoms in total. The first kappa shape index (κ1) is 28.5. The maximum Gasteiger partial charge on any atom is 0.494 e. The fourth-order valence-electron chi connectivity index (χ4n) is 5.43. The molecule has 0 amide bonds. The van der Waals surface area contributed by atoms with Gasteiger partial charge in [-0.2, -0.15) is 6.07 Å². The van der Waals surface area contributed by atoms with Crippen LogP contribution in [0.2, 0.25) is 0 Å². The number of hydrogen-bond acceptors (Lipinski definition) is 2. The quantitative estimate of drug-likeness (QED) is 0.140. The van der Waals surface area contributed by atoms with E-state index in [1.165, 1.54) is 27.9 Å². The predicted molar refractivity (Wildman–Crippen MR) is 162 cm³/mol. The molecule has 1 aliphatic carbocycles. The van der Waals surface area contributed by atoms with Crippen LogP contribution in [0.1, 0.15) is 44.5 Å². The summed E-state index contributed by atoms with van der Waals surface area (Å²) in [7, 11) is 0. The van der Waals surface area contributed by atoms with Gasteiger partial charge in [0, 0.05) is 55.7 Å². The second-order valence-corrected chi connectivity index (χ2v) is 11.1. The van der Waals surface area contributed by atoms with E-state index in [0.29, 0.717) is 6.04 Å². The van der Waals surface area contributed by atoms with Crippen LogP contribution >= 0.6 is 0 Å². The monoisotopic (exact) mass is 713 g/mol. The van der Waals surface area contributed by atoms with Crippen LogP contribution in [-0.4, -0.2) is 26.6 Å². The first-order valence-electron chi connectivity index (χ1n) is 13.7. The third kappa shape index (κ3) is 5.25. The van der Waals surface area contributed by atoms with E-state index in [-0.39, 0.29) is 25.5 Å². The summed E-state index contributed by atoms with van der Waals surface area (Å²) < 4.78 is 4.32. The number of pyridine rings is 2. The van der Waals surface area contributed by atoms with Gasteiger partial charge in [0.05, 0.1) is 0 Å². The van der Waals surface area contributed by atoms with Crippen molar-refractivity contribution in [3.63, 3.8) is 0 Å². The smallest absolute Gasteiger partial charge is 0.304 e. The van der Waals surface area contributed by atoms with Crippen LogP contribution in [0, 0.1) is 19.1 Å². The van der Waals surface area contributed by atoms with Gasteiger partial charge in [0.15, 0.2) is 6.04 Å². The predicted octanol–water partition coefficient (Wildman–Crippen LogP) is 8.12. The van der Waals surface area contributed by atoms with E-state index in [4.69, 9.17) is 0 Å².